The molecular formula is C19H17FN4O. The third kappa shape index (κ3) is 4.44. The van der Waals surface area contributed by atoms with Gasteiger partial charge in [-0.25, -0.2) is 4.39 Å². The summed E-state index contributed by atoms with van der Waals surface area (Å²) >= 11 is 0. The molecule has 2 aromatic heterocycles. The SMILES string of the molecule is O=C(CCc1ccccc1F)NCc1nccnc1-c1ccncc1. The Kier molecular flexibility index (Phi) is 5.41. The van der Waals surface area contributed by atoms with Crippen molar-refractivity contribution in [1.82, 2.24) is 20.3 Å². The molecule has 0 saturated heterocycles. The van der Waals surface area contributed by atoms with E-state index in [1.54, 1.807) is 43.0 Å². The number of aryl methyl sites for hydroxylation is 1. The van der Waals surface area contributed by atoms with Gasteiger partial charge in [0.25, 0.3) is 0 Å². The van der Waals surface area contributed by atoms with Crippen molar-refractivity contribution in [2.75, 3.05) is 0 Å². The van der Waals surface area contributed by atoms with E-state index < -0.39 is 0 Å². The van der Waals surface area contributed by atoms with Gasteiger partial charge in [-0.05, 0) is 30.2 Å². The van der Waals surface area contributed by atoms with E-state index in [0.717, 1.165) is 5.56 Å². The minimum atomic E-state index is -0.288. The van der Waals surface area contributed by atoms with Crippen molar-refractivity contribution < 1.29 is 9.18 Å². The fourth-order valence-corrected chi connectivity index (χ4v) is 2.47. The van der Waals surface area contributed by atoms with E-state index in [0.29, 0.717) is 23.4 Å². The van der Waals surface area contributed by atoms with E-state index in [1.807, 2.05) is 12.1 Å². The highest BCUT2D eigenvalue weighted by Gasteiger charge is 2.10. The highest BCUT2D eigenvalue weighted by molar-refractivity contribution is 5.76. The second-order valence-electron chi connectivity index (χ2n) is 5.46. The number of hydrogen-bond donors (Lipinski definition) is 1. The molecule has 0 saturated carbocycles. The average molecular weight is 336 g/mol. The van der Waals surface area contributed by atoms with Gasteiger partial charge in [0.2, 0.25) is 5.91 Å². The Morgan fingerprint density at radius 1 is 1.00 bits per heavy atom. The van der Waals surface area contributed by atoms with E-state index >= 15 is 0 Å². The quantitative estimate of drug-likeness (QED) is 0.751. The van der Waals surface area contributed by atoms with Crippen molar-refractivity contribution >= 4 is 5.91 Å². The van der Waals surface area contributed by atoms with Gasteiger partial charge in [0.05, 0.1) is 17.9 Å². The lowest BCUT2D eigenvalue weighted by molar-refractivity contribution is -0.121. The highest BCUT2D eigenvalue weighted by atomic mass is 19.1. The Morgan fingerprint density at radius 2 is 1.76 bits per heavy atom. The number of nitrogens with zero attached hydrogens (tertiary/aromatic N) is 3. The van der Waals surface area contributed by atoms with Gasteiger partial charge in [-0.3, -0.25) is 19.7 Å². The molecule has 2 heterocycles. The molecule has 3 rings (SSSR count). The van der Waals surface area contributed by atoms with Crippen LogP contribution in [0.2, 0.25) is 0 Å². The molecule has 25 heavy (non-hydrogen) atoms. The summed E-state index contributed by atoms with van der Waals surface area (Å²) < 4.78 is 13.6. The molecule has 3 aromatic rings. The lowest BCUT2D eigenvalue weighted by Crippen LogP contribution is -2.24. The van der Waals surface area contributed by atoms with Crippen molar-refractivity contribution in [3.8, 4) is 11.3 Å². The van der Waals surface area contributed by atoms with Crippen LogP contribution in [0.25, 0.3) is 11.3 Å². The van der Waals surface area contributed by atoms with Crippen LogP contribution in [-0.2, 0) is 17.8 Å². The van der Waals surface area contributed by atoms with Crippen LogP contribution in [0.3, 0.4) is 0 Å². The van der Waals surface area contributed by atoms with Crippen LogP contribution in [0, 0.1) is 5.82 Å². The fourth-order valence-electron chi connectivity index (χ4n) is 2.47. The first-order chi connectivity index (χ1) is 12.2. The number of rotatable bonds is 6. The molecule has 6 heteroatoms. The molecule has 0 aliphatic carbocycles. The summed E-state index contributed by atoms with van der Waals surface area (Å²) in [5, 5.41) is 2.82. The van der Waals surface area contributed by atoms with E-state index in [9.17, 15) is 9.18 Å². The first-order valence-electron chi connectivity index (χ1n) is 7.94. The molecule has 0 atom stereocenters. The Bertz CT molecular complexity index is 855. The number of hydrogen-bond acceptors (Lipinski definition) is 4. The van der Waals surface area contributed by atoms with E-state index in [1.165, 1.54) is 6.07 Å². The summed E-state index contributed by atoms with van der Waals surface area (Å²) in [4.78, 5) is 24.7. The van der Waals surface area contributed by atoms with Crippen molar-refractivity contribution in [3.05, 3.63) is 78.3 Å². The highest BCUT2D eigenvalue weighted by Crippen LogP contribution is 2.18. The first kappa shape index (κ1) is 16.7. The Morgan fingerprint density at radius 3 is 2.56 bits per heavy atom. The molecule has 5 nitrogen and oxygen atoms in total. The minimum Gasteiger partial charge on any atom is -0.350 e. The van der Waals surface area contributed by atoms with Crippen LogP contribution in [0.4, 0.5) is 4.39 Å². The number of amides is 1. The zero-order chi connectivity index (χ0) is 17.5. The summed E-state index contributed by atoms with van der Waals surface area (Å²) in [5.74, 6) is -0.446. The molecule has 0 aliphatic rings. The largest absolute Gasteiger partial charge is 0.350 e. The Hall–Kier alpha value is -3.15. The molecule has 1 amide bonds. The predicted molar refractivity (Wildman–Crippen MR) is 91.8 cm³/mol. The van der Waals surface area contributed by atoms with Crippen molar-refractivity contribution in [3.63, 3.8) is 0 Å². The number of benzene rings is 1. The first-order valence-corrected chi connectivity index (χ1v) is 7.94. The van der Waals surface area contributed by atoms with Gasteiger partial charge in [0.15, 0.2) is 0 Å². The van der Waals surface area contributed by atoms with Crippen LogP contribution in [0.5, 0.6) is 0 Å². The van der Waals surface area contributed by atoms with Gasteiger partial charge in [0, 0.05) is 36.8 Å². The fraction of sp³-hybridized carbons (Fsp3) is 0.158. The minimum absolute atomic E-state index is 0.158. The summed E-state index contributed by atoms with van der Waals surface area (Å²) in [6.45, 7) is 0.265. The number of carbonyl (C=O) groups is 1. The third-order valence-corrected chi connectivity index (χ3v) is 3.76. The maximum Gasteiger partial charge on any atom is 0.220 e. The summed E-state index contributed by atoms with van der Waals surface area (Å²) in [6, 6.07) is 10.2. The van der Waals surface area contributed by atoms with Crippen molar-refractivity contribution in [1.29, 1.82) is 0 Å². The topological polar surface area (TPSA) is 67.8 Å². The maximum absolute atomic E-state index is 13.6. The second-order valence-corrected chi connectivity index (χ2v) is 5.46. The summed E-state index contributed by atoms with van der Waals surface area (Å²) in [5.41, 5.74) is 2.81. The summed E-state index contributed by atoms with van der Waals surface area (Å²) in [6.07, 6.45) is 7.13. The van der Waals surface area contributed by atoms with Crippen LogP contribution in [-0.4, -0.2) is 20.9 Å². The number of halogens is 1. The van der Waals surface area contributed by atoms with E-state index in [4.69, 9.17) is 0 Å². The lowest BCUT2D eigenvalue weighted by Gasteiger charge is -2.09. The predicted octanol–water partition coefficient (Wildman–Crippen LogP) is 2.93. The Balaban J connectivity index is 1.60. The molecule has 0 spiro atoms. The Labute approximate surface area is 145 Å². The normalized spacial score (nSPS) is 10.4. The van der Waals surface area contributed by atoms with Crippen LogP contribution < -0.4 is 5.32 Å². The van der Waals surface area contributed by atoms with Gasteiger partial charge in [-0.15, -0.1) is 0 Å². The van der Waals surface area contributed by atoms with Gasteiger partial charge in [-0.1, -0.05) is 18.2 Å². The second kappa shape index (κ2) is 8.10. The molecule has 0 bridgehead atoms. The van der Waals surface area contributed by atoms with Crippen molar-refractivity contribution in [2.24, 2.45) is 0 Å². The zero-order valence-electron chi connectivity index (χ0n) is 13.5. The standard InChI is InChI=1S/C19H17FN4O/c20-16-4-2-1-3-14(16)5-6-18(25)24-13-17-19(23-12-11-22-17)15-7-9-21-10-8-15/h1-4,7-12H,5-6,13H2,(H,24,25). The lowest BCUT2D eigenvalue weighted by atomic mass is 10.1. The van der Waals surface area contributed by atoms with Gasteiger partial charge >= 0.3 is 0 Å². The van der Waals surface area contributed by atoms with Gasteiger partial charge in [-0.2, -0.15) is 0 Å². The number of pyridine rings is 1. The van der Waals surface area contributed by atoms with Crippen LogP contribution >= 0.6 is 0 Å². The number of aromatic nitrogens is 3. The molecule has 0 fully saturated rings. The number of carbonyl (C=O) groups excluding carboxylic acids is 1. The monoisotopic (exact) mass is 336 g/mol. The molecule has 0 unspecified atom stereocenters. The third-order valence-electron chi connectivity index (χ3n) is 3.76. The molecule has 126 valence electrons. The van der Waals surface area contributed by atoms with E-state index in [2.05, 4.69) is 20.3 Å². The van der Waals surface area contributed by atoms with Crippen molar-refractivity contribution in [2.45, 2.75) is 19.4 Å². The average Bonchev–Trinajstić information content (AvgIpc) is 2.66. The molecule has 1 aromatic carbocycles. The molecule has 1 N–H and O–H groups in total. The van der Waals surface area contributed by atoms with Crippen LogP contribution in [0.15, 0.2) is 61.2 Å². The van der Waals surface area contributed by atoms with Crippen LogP contribution in [0.1, 0.15) is 17.7 Å². The van der Waals surface area contributed by atoms with Gasteiger partial charge < -0.3 is 5.32 Å². The smallest absolute Gasteiger partial charge is 0.220 e. The summed E-state index contributed by atoms with van der Waals surface area (Å²) in [7, 11) is 0. The van der Waals surface area contributed by atoms with Gasteiger partial charge in [0.1, 0.15) is 5.82 Å². The maximum atomic E-state index is 13.6. The molecular weight excluding hydrogens is 319 g/mol. The van der Waals surface area contributed by atoms with E-state index in [-0.39, 0.29) is 24.7 Å². The molecule has 0 radical (unpaired) electrons. The number of nitrogens with one attached hydrogen (secondary N) is 1. The molecule has 0 aliphatic heterocycles. The zero-order valence-corrected chi connectivity index (χ0v) is 13.5.